The smallest absolute Gasteiger partial charge is 0.267 e. The van der Waals surface area contributed by atoms with Crippen LogP contribution in [0.15, 0.2) is 0 Å². The largest absolute Gasteiger partial charge is 0.337 e. The zero-order chi connectivity index (χ0) is 15.2. The molecule has 1 aliphatic heterocycles. The van der Waals surface area contributed by atoms with Crippen LogP contribution in [0, 0.1) is 11.8 Å². The fraction of sp³-hybridized carbons (Fsp3) is 0.800. The number of hydrogen-bond donors (Lipinski definition) is 1. The van der Waals surface area contributed by atoms with Crippen LogP contribution in [0.4, 0.5) is 0 Å². The van der Waals surface area contributed by atoms with Crippen LogP contribution in [0.25, 0.3) is 0 Å². The molecule has 1 saturated carbocycles. The van der Waals surface area contributed by atoms with Gasteiger partial charge in [-0.25, -0.2) is 0 Å². The highest BCUT2D eigenvalue weighted by atomic mass is 32.1. The Labute approximate surface area is 130 Å². The lowest BCUT2D eigenvalue weighted by molar-refractivity contribution is 0.0785. The normalized spacial score (nSPS) is 29.5. The zero-order valence-electron chi connectivity index (χ0n) is 13.0. The van der Waals surface area contributed by atoms with Crippen molar-refractivity contribution in [2.24, 2.45) is 17.6 Å². The number of rotatable bonds is 1. The molecule has 116 valence electrons. The minimum Gasteiger partial charge on any atom is -0.337 e. The Morgan fingerprint density at radius 3 is 2.76 bits per heavy atom. The van der Waals surface area contributed by atoms with Crippen molar-refractivity contribution in [2.45, 2.75) is 51.5 Å². The Kier molecular flexibility index (Phi) is 3.78. The first kappa shape index (κ1) is 14.9. The van der Waals surface area contributed by atoms with Crippen molar-refractivity contribution in [3.05, 3.63) is 10.6 Å². The molecule has 21 heavy (non-hydrogen) atoms. The quantitative estimate of drug-likeness (QED) is 0.861. The summed E-state index contributed by atoms with van der Waals surface area (Å²) in [6, 6.07) is 0.253. The number of nitrogens with two attached hydrogens (primary N) is 1. The minimum atomic E-state index is -0.152. The van der Waals surface area contributed by atoms with E-state index >= 15 is 0 Å². The monoisotopic (exact) mass is 308 g/mol. The van der Waals surface area contributed by atoms with Crippen LogP contribution in [0.5, 0.6) is 0 Å². The maximum absolute atomic E-state index is 12.8. The van der Waals surface area contributed by atoms with Crippen LogP contribution in [-0.4, -0.2) is 39.5 Å². The third-order valence-electron chi connectivity index (χ3n) is 4.83. The van der Waals surface area contributed by atoms with Crippen molar-refractivity contribution in [3.8, 4) is 0 Å². The highest BCUT2D eigenvalue weighted by molar-refractivity contribution is 7.08. The van der Waals surface area contributed by atoms with Gasteiger partial charge in [0, 0.05) is 24.5 Å². The van der Waals surface area contributed by atoms with Gasteiger partial charge >= 0.3 is 0 Å². The molecule has 1 aliphatic carbocycles. The molecule has 0 radical (unpaired) electrons. The third-order valence-corrected chi connectivity index (χ3v) is 5.55. The molecule has 3 rings (SSSR count). The number of nitrogens with zero attached hydrogens (tertiary/aromatic N) is 3. The summed E-state index contributed by atoms with van der Waals surface area (Å²) in [5, 5.41) is 4.18. The maximum atomic E-state index is 12.8. The Hall–Kier alpha value is -1.01. The van der Waals surface area contributed by atoms with Crippen molar-refractivity contribution >= 4 is 17.4 Å². The molecule has 1 saturated heterocycles. The van der Waals surface area contributed by atoms with E-state index in [1.54, 1.807) is 0 Å². The van der Waals surface area contributed by atoms with E-state index in [-0.39, 0.29) is 17.4 Å². The first-order chi connectivity index (χ1) is 9.88. The molecule has 3 atom stereocenters. The SMILES string of the molecule is CC(C)(C)c1nnsc1C(=O)N1CC2CCCC(N)C2C1. The molecule has 2 aliphatic rings. The second-order valence-corrected chi connectivity index (χ2v) is 8.18. The van der Waals surface area contributed by atoms with Crippen LogP contribution in [0.2, 0.25) is 0 Å². The van der Waals surface area contributed by atoms with Gasteiger partial charge in [-0.05, 0) is 36.2 Å². The average Bonchev–Trinajstić information content (AvgIpc) is 3.04. The molecular formula is C15H24N4OS. The summed E-state index contributed by atoms with van der Waals surface area (Å²) in [6.45, 7) is 7.85. The van der Waals surface area contributed by atoms with Crippen molar-refractivity contribution in [2.75, 3.05) is 13.1 Å². The van der Waals surface area contributed by atoms with Crippen molar-refractivity contribution in [3.63, 3.8) is 0 Å². The first-order valence-electron chi connectivity index (χ1n) is 7.75. The molecule has 5 nitrogen and oxygen atoms in total. The predicted molar refractivity (Wildman–Crippen MR) is 83.3 cm³/mol. The molecule has 0 bridgehead atoms. The van der Waals surface area contributed by atoms with Crippen LogP contribution in [0.3, 0.4) is 0 Å². The second-order valence-electron chi connectivity index (χ2n) is 7.43. The summed E-state index contributed by atoms with van der Waals surface area (Å²) < 4.78 is 4.01. The van der Waals surface area contributed by atoms with E-state index in [2.05, 4.69) is 30.4 Å². The van der Waals surface area contributed by atoms with E-state index in [1.807, 2.05) is 4.90 Å². The van der Waals surface area contributed by atoms with Crippen LogP contribution < -0.4 is 5.73 Å². The lowest BCUT2D eigenvalue weighted by Crippen LogP contribution is -2.38. The summed E-state index contributed by atoms with van der Waals surface area (Å²) in [6.07, 6.45) is 3.49. The van der Waals surface area contributed by atoms with E-state index in [9.17, 15) is 4.79 Å². The molecule has 1 aromatic heterocycles. The van der Waals surface area contributed by atoms with Crippen molar-refractivity contribution < 1.29 is 4.79 Å². The molecule has 2 fully saturated rings. The van der Waals surface area contributed by atoms with Gasteiger partial charge in [0.25, 0.3) is 5.91 Å². The fourth-order valence-corrected chi connectivity index (χ4v) is 4.49. The van der Waals surface area contributed by atoms with Gasteiger partial charge in [-0.3, -0.25) is 4.79 Å². The second kappa shape index (κ2) is 5.32. The molecule has 0 spiro atoms. The molecule has 3 unspecified atom stereocenters. The van der Waals surface area contributed by atoms with E-state index < -0.39 is 0 Å². The topological polar surface area (TPSA) is 72.1 Å². The van der Waals surface area contributed by atoms with E-state index in [4.69, 9.17) is 5.73 Å². The molecule has 2 N–H and O–H groups in total. The highest BCUT2D eigenvalue weighted by Gasteiger charge is 2.41. The summed E-state index contributed by atoms with van der Waals surface area (Å²) in [7, 11) is 0. The standard InChI is InChI=1S/C15H24N4OS/c1-15(2,3)13-12(21-18-17-13)14(20)19-7-9-5-4-6-11(16)10(9)8-19/h9-11H,4-8,16H2,1-3H3. The van der Waals surface area contributed by atoms with Gasteiger partial charge in [-0.1, -0.05) is 31.7 Å². The summed E-state index contributed by atoms with van der Waals surface area (Å²) in [4.78, 5) is 15.5. The Morgan fingerprint density at radius 1 is 1.33 bits per heavy atom. The number of fused-ring (bicyclic) bond motifs is 1. The predicted octanol–water partition coefficient (Wildman–Crippen LogP) is 2.04. The number of hydrogen-bond acceptors (Lipinski definition) is 5. The van der Waals surface area contributed by atoms with Gasteiger partial charge in [0.1, 0.15) is 4.88 Å². The Balaban J connectivity index is 1.80. The van der Waals surface area contributed by atoms with Gasteiger partial charge in [0.2, 0.25) is 0 Å². The van der Waals surface area contributed by atoms with Gasteiger partial charge in [-0.2, -0.15) is 0 Å². The summed E-state index contributed by atoms with van der Waals surface area (Å²) in [5.41, 5.74) is 6.90. The molecule has 2 heterocycles. The number of amides is 1. The van der Waals surface area contributed by atoms with Crippen molar-refractivity contribution in [1.29, 1.82) is 0 Å². The molecule has 6 heteroatoms. The Morgan fingerprint density at radius 2 is 2.10 bits per heavy atom. The molecule has 1 amide bonds. The molecule has 1 aromatic rings. The third kappa shape index (κ3) is 2.71. The van der Waals surface area contributed by atoms with Gasteiger partial charge < -0.3 is 10.6 Å². The summed E-state index contributed by atoms with van der Waals surface area (Å²) >= 11 is 1.22. The number of carbonyl (C=O) groups excluding carboxylic acids is 1. The van der Waals surface area contributed by atoms with E-state index in [0.29, 0.717) is 16.7 Å². The van der Waals surface area contributed by atoms with Crippen LogP contribution in [0.1, 0.15) is 55.4 Å². The number of aromatic nitrogens is 2. The Bertz CT molecular complexity index is 536. The number of carbonyl (C=O) groups is 1. The highest BCUT2D eigenvalue weighted by Crippen LogP contribution is 2.37. The number of likely N-dealkylation sites (tertiary alicyclic amines) is 1. The van der Waals surface area contributed by atoms with Crippen LogP contribution in [-0.2, 0) is 5.41 Å². The fourth-order valence-electron chi connectivity index (χ4n) is 3.65. The van der Waals surface area contributed by atoms with Crippen LogP contribution >= 0.6 is 11.5 Å². The van der Waals surface area contributed by atoms with Gasteiger partial charge in [0.05, 0.1) is 5.69 Å². The first-order valence-corrected chi connectivity index (χ1v) is 8.53. The lowest BCUT2D eigenvalue weighted by Gasteiger charge is -2.29. The van der Waals surface area contributed by atoms with Crippen molar-refractivity contribution in [1.82, 2.24) is 14.5 Å². The molecular weight excluding hydrogens is 284 g/mol. The van der Waals surface area contributed by atoms with Gasteiger partial charge in [0.15, 0.2) is 0 Å². The van der Waals surface area contributed by atoms with E-state index in [0.717, 1.165) is 25.2 Å². The molecule has 0 aromatic carbocycles. The summed E-state index contributed by atoms with van der Waals surface area (Å²) in [5.74, 6) is 1.15. The van der Waals surface area contributed by atoms with Gasteiger partial charge in [-0.15, -0.1) is 5.10 Å². The van der Waals surface area contributed by atoms with E-state index in [1.165, 1.54) is 24.4 Å². The average molecular weight is 308 g/mol. The lowest BCUT2D eigenvalue weighted by atomic mass is 9.78. The minimum absolute atomic E-state index is 0.0940. The maximum Gasteiger partial charge on any atom is 0.267 e. The zero-order valence-corrected chi connectivity index (χ0v) is 13.8.